The maximum absolute atomic E-state index is 11.7. The van der Waals surface area contributed by atoms with E-state index in [1.54, 1.807) is 0 Å². The lowest BCUT2D eigenvalue weighted by atomic mass is 10.0. The molecule has 0 aliphatic carbocycles. The number of aliphatic hydroxyl groups is 1. The number of carbonyl (C=O) groups is 3. The number of hydrogen-bond acceptors (Lipinski definition) is 4. The average Bonchev–Trinajstić information content (AvgIpc) is 3.02. The number of ketones is 1. The van der Waals surface area contributed by atoms with Crippen LogP contribution in [0.15, 0.2) is 30.5 Å². The average molecular weight is 392 g/mol. The molecule has 1 heterocycles. The van der Waals surface area contributed by atoms with Crippen molar-refractivity contribution in [3.63, 3.8) is 0 Å². The Kier molecular flexibility index (Phi) is 13.0. The Morgan fingerprint density at radius 2 is 1.75 bits per heavy atom. The molecule has 0 unspecified atom stereocenters. The Bertz CT molecular complexity index is 736. The van der Waals surface area contributed by atoms with Crippen LogP contribution in [0.3, 0.4) is 0 Å². The van der Waals surface area contributed by atoms with Crippen molar-refractivity contribution in [3.05, 3.63) is 36.0 Å². The summed E-state index contributed by atoms with van der Waals surface area (Å²) in [4.78, 5) is 35.8. The molecule has 28 heavy (non-hydrogen) atoms. The number of hydrogen-bond donors (Lipinski definition) is 4. The number of carbonyl (C=O) groups excluding carboxylic acids is 3. The molecule has 7 nitrogen and oxygen atoms in total. The third kappa shape index (κ3) is 10.5. The van der Waals surface area contributed by atoms with Crippen LogP contribution >= 0.6 is 0 Å². The van der Waals surface area contributed by atoms with Crippen LogP contribution in [-0.2, 0) is 20.8 Å². The number of nitrogens with one attached hydrogen (secondary N) is 2. The summed E-state index contributed by atoms with van der Waals surface area (Å²) in [6, 6.07) is 6.98. The molecule has 0 saturated carbocycles. The van der Waals surface area contributed by atoms with Gasteiger partial charge < -0.3 is 25.9 Å². The van der Waals surface area contributed by atoms with E-state index in [2.05, 4.69) is 24.1 Å². The van der Waals surface area contributed by atoms with Crippen LogP contribution in [0.5, 0.6) is 0 Å². The third-order valence-electron chi connectivity index (χ3n) is 3.34. The van der Waals surface area contributed by atoms with Crippen molar-refractivity contribution < 1.29 is 19.5 Å². The molecule has 2 amide bonds. The molecule has 0 saturated heterocycles. The Morgan fingerprint density at radius 1 is 1.18 bits per heavy atom. The topological polar surface area (TPSA) is 125 Å². The molecule has 1 aromatic carbocycles. The summed E-state index contributed by atoms with van der Waals surface area (Å²) < 4.78 is 0. The first-order valence-electron chi connectivity index (χ1n) is 9.48. The van der Waals surface area contributed by atoms with Gasteiger partial charge in [-0.05, 0) is 31.9 Å². The standard InChI is InChI=1S/C15H19N3O3.C3H6O.C3H8/c16-15(21)13(18-14(20)6-3-7-19)8-10-9-17-12-5-2-1-4-11(10)12;1-3(2)4;1-3-2/h1-2,4-5,9,13,17,19H,3,6-8H2,(H2,16,21)(H,18,20);1-2H3;3H2,1-2H3/t13-;;/m0../s1. The van der Waals surface area contributed by atoms with Crippen molar-refractivity contribution in [2.45, 2.75) is 59.4 Å². The van der Waals surface area contributed by atoms with Gasteiger partial charge in [0.25, 0.3) is 0 Å². The van der Waals surface area contributed by atoms with Crippen molar-refractivity contribution in [2.75, 3.05) is 6.61 Å². The van der Waals surface area contributed by atoms with E-state index in [9.17, 15) is 14.4 Å². The Morgan fingerprint density at radius 3 is 2.29 bits per heavy atom. The maximum Gasteiger partial charge on any atom is 0.240 e. The lowest BCUT2D eigenvalue weighted by Crippen LogP contribution is -2.45. The number of benzene rings is 1. The quantitative estimate of drug-likeness (QED) is 0.578. The second kappa shape index (κ2) is 14.4. The van der Waals surface area contributed by atoms with E-state index in [-0.39, 0.29) is 24.7 Å². The van der Waals surface area contributed by atoms with Gasteiger partial charge in [-0.3, -0.25) is 9.59 Å². The van der Waals surface area contributed by atoms with Crippen LogP contribution in [0.1, 0.15) is 52.5 Å². The Hall–Kier alpha value is -2.67. The van der Waals surface area contributed by atoms with Crippen LogP contribution in [-0.4, -0.2) is 40.3 Å². The highest BCUT2D eigenvalue weighted by Crippen LogP contribution is 2.19. The van der Waals surface area contributed by atoms with Gasteiger partial charge in [0.1, 0.15) is 11.8 Å². The van der Waals surface area contributed by atoms with Gasteiger partial charge in [0.15, 0.2) is 0 Å². The predicted octanol–water partition coefficient (Wildman–Crippen LogP) is 2.46. The summed E-state index contributed by atoms with van der Waals surface area (Å²) in [6.45, 7) is 7.25. The molecule has 0 bridgehead atoms. The van der Waals surface area contributed by atoms with Gasteiger partial charge in [-0.2, -0.15) is 0 Å². The highest BCUT2D eigenvalue weighted by atomic mass is 16.3. The smallest absolute Gasteiger partial charge is 0.240 e. The summed E-state index contributed by atoms with van der Waals surface area (Å²) in [6.07, 6.45) is 3.95. The van der Waals surface area contributed by atoms with Gasteiger partial charge >= 0.3 is 0 Å². The second-order valence-electron chi connectivity index (χ2n) is 6.53. The van der Waals surface area contributed by atoms with Crippen molar-refractivity contribution in [1.82, 2.24) is 10.3 Å². The molecule has 0 radical (unpaired) electrons. The van der Waals surface area contributed by atoms with Crippen LogP contribution in [0, 0.1) is 0 Å². The lowest BCUT2D eigenvalue weighted by Gasteiger charge is -2.15. The van der Waals surface area contributed by atoms with Crippen molar-refractivity contribution in [1.29, 1.82) is 0 Å². The summed E-state index contributed by atoms with van der Waals surface area (Å²) in [5, 5.41) is 12.3. The van der Waals surface area contributed by atoms with Gasteiger partial charge in [-0.1, -0.05) is 38.5 Å². The summed E-state index contributed by atoms with van der Waals surface area (Å²) in [5.41, 5.74) is 7.26. The van der Waals surface area contributed by atoms with E-state index in [0.717, 1.165) is 16.5 Å². The van der Waals surface area contributed by atoms with Crippen LogP contribution in [0.4, 0.5) is 0 Å². The predicted molar refractivity (Wildman–Crippen MR) is 112 cm³/mol. The van der Waals surface area contributed by atoms with E-state index in [0.29, 0.717) is 12.8 Å². The normalized spacial score (nSPS) is 10.8. The number of para-hydroxylation sites is 1. The molecule has 0 aliphatic rings. The molecule has 5 N–H and O–H groups in total. The Labute approximate surface area is 166 Å². The van der Waals surface area contributed by atoms with E-state index >= 15 is 0 Å². The monoisotopic (exact) mass is 391 g/mol. The van der Waals surface area contributed by atoms with Crippen molar-refractivity contribution in [2.24, 2.45) is 5.73 Å². The minimum Gasteiger partial charge on any atom is -0.396 e. The molecule has 0 fully saturated rings. The highest BCUT2D eigenvalue weighted by Gasteiger charge is 2.19. The zero-order chi connectivity index (χ0) is 21.5. The van der Waals surface area contributed by atoms with Gasteiger partial charge in [-0.15, -0.1) is 0 Å². The van der Waals surface area contributed by atoms with E-state index in [1.165, 1.54) is 20.3 Å². The molecule has 7 heteroatoms. The second-order valence-corrected chi connectivity index (χ2v) is 6.53. The molecule has 1 aromatic heterocycles. The maximum atomic E-state index is 11.7. The van der Waals surface area contributed by atoms with Crippen molar-refractivity contribution >= 4 is 28.5 Å². The molecule has 2 rings (SSSR count). The minimum atomic E-state index is -0.754. The first-order chi connectivity index (χ1) is 13.3. The van der Waals surface area contributed by atoms with Crippen molar-refractivity contribution in [3.8, 4) is 0 Å². The molecule has 156 valence electrons. The van der Waals surface area contributed by atoms with E-state index < -0.39 is 11.9 Å². The number of amides is 2. The number of aliphatic hydroxyl groups excluding tert-OH is 1. The zero-order valence-electron chi connectivity index (χ0n) is 17.2. The van der Waals surface area contributed by atoms with E-state index in [1.807, 2.05) is 30.5 Å². The summed E-state index contributed by atoms with van der Waals surface area (Å²) >= 11 is 0. The van der Waals surface area contributed by atoms with E-state index in [4.69, 9.17) is 10.8 Å². The van der Waals surface area contributed by atoms with Gasteiger partial charge in [0, 0.05) is 36.5 Å². The molecule has 0 spiro atoms. The summed E-state index contributed by atoms with van der Waals surface area (Å²) in [7, 11) is 0. The number of rotatable bonds is 7. The van der Waals surface area contributed by atoms with Gasteiger partial charge in [-0.25, -0.2) is 0 Å². The third-order valence-corrected chi connectivity index (χ3v) is 3.34. The first-order valence-corrected chi connectivity index (χ1v) is 9.48. The molecular formula is C21H33N3O4. The molecule has 2 aromatic rings. The number of aromatic amines is 1. The number of Topliss-reactive ketones (excluding diaryl/α,β-unsaturated/α-hetero) is 1. The molecule has 0 aliphatic heterocycles. The minimum absolute atomic E-state index is 0.0584. The van der Waals surface area contributed by atoms with Crippen LogP contribution < -0.4 is 11.1 Å². The fraction of sp³-hybridized carbons (Fsp3) is 0.476. The highest BCUT2D eigenvalue weighted by molar-refractivity contribution is 5.88. The number of primary amides is 1. The van der Waals surface area contributed by atoms with Crippen LogP contribution in [0.2, 0.25) is 0 Å². The SMILES string of the molecule is CC(C)=O.CCC.NC(=O)[C@H](Cc1c[nH]c2ccccc12)NC(=O)CCCO. The van der Waals surface area contributed by atoms with Gasteiger partial charge in [0.2, 0.25) is 11.8 Å². The largest absolute Gasteiger partial charge is 0.396 e. The first kappa shape index (κ1) is 25.3. The van der Waals surface area contributed by atoms with Crippen LogP contribution in [0.25, 0.3) is 10.9 Å². The molecule has 1 atom stereocenters. The number of aromatic nitrogens is 1. The fourth-order valence-electron chi connectivity index (χ4n) is 2.25. The molecular weight excluding hydrogens is 358 g/mol. The van der Waals surface area contributed by atoms with Gasteiger partial charge in [0.05, 0.1) is 0 Å². The fourth-order valence-corrected chi connectivity index (χ4v) is 2.25. The summed E-state index contributed by atoms with van der Waals surface area (Å²) in [5.74, 6) is -0.690. The Balaban J connectivity index is 0.000000904. The zero-order valence-corrected chi connectivity index (χ0v) is 17.2. The number of fused-ring (bicyclic) bond motifs is 1. The number of nitrogens with two attached hydrogens (primary N) is 1. The lowest BCUT2D eigenvalue weighted by molar-refractivity contribution is -0.127. The number of H-pyrrole nitrogens is 1.